The van der Waals surface area contributed by atoms with Crippen molar-refractivity contribution in [1.82, 2.24) is 5.32 Å². The number of amides is 1. The molecule has 114 valence electrons. The Morgan fingerprint density at radius 1 is 1.43 bits per heavy atom. The fourth-order valence-electron chi connectivity index (χ4n) is 2.45. The third kappa shape index (κ3) is 4.67. The van der Waals surface area contributed by atoms with Crippen molar-refractivity contribution in [1.29, 1.82) is 0 Å². The number of nitrogens with one attached hydrogen (secondary N) is 1. The summed E-state index contributed by atoms with van der Waals surface area (Å²) in [6.07, 6.45) is 1.92. The molecule has 1 aromatic rings. The summed E-state index contributed by atoms with van der Waals surface area (Å²) in [5.41, 5.74) is 0. The van der Waals surface area contributed by atoms with E-state index in [9.17, 15) is 9.59 Å². The standard InChI is InChI=1S/C15H19NO4S/c1-20-12-3-2-4-13(8-12)21-9-14(17)16-11-6-5-10(7-11)15(18)19/h2-4,8,10-11H,5-7,9H2,1H3,(H,16,17)(H,18,19)/t10-,11+/m1/s1. The van der Waals surface area contributed by atoms with Gasteiger partial charge in [0.2, 0.25) is 5.91 Å². The molecule has 0 aliphatic heterocycles. The molecule has 0 aromatic heterocycles. The number of rotatable bonds is 6. The summed E-state index contributed by atoms with van der Waals surface area (Å²) in [5, 5.41) is 11.8. The SMILES string of the molecule is COc1cccc(SCC(=O)N[C@H]2CC[C@@H](C(=O)O)C2)c1. The second kappa shape index (κ2) is 7.36. The summed E-state index contributed by atoms with van der Waals surface area (Å²) in [6.45, 7) is 0. The molecule has 1 amide bonds. The van der Waals surface area contributed by atoms with Crippen LogP contribution in [0.3, 0.4) is 0 Å². The highest BCUT2D eigenvalue weighted by Crippen LogP contribution is 2.26. The third-order valence-corrected chi connectivity index (χ3v) is 4.55. The van der Waals surface area contributed by atoms with Crippen molar-refractivity contribution in [2.24, 2.45) is 5.92 Å². The van der Waals surface area contributed by atoms with Crippen LogP contribution in [0.1, 0.15) is 19.3 Å². The molecule has 0 radical (unpaired) electrons. The van der Waals surface area contributed by atoms with Gasteiger partial charge in [-0.05, 0) is 37.5 Å². The third-order valence-electron chi connectivity index (χ3n) is 3.56. The van der Waals surface area contributed by atoms with Crippen molar-refractivity contribution in [3.05, 3.63) is 24.3 Å². The highest BCUT2D eigenvalue weighted by molar-refractivity contribution is 8.00. The number of benzene rings is 1. The predicted octanol–water partition coefficient (Wildman–Crippen LogP) is 2.16. The number of hydrogen-bond acceptors (Lipinski definition) is 4. The molecule has 5 nitrogen and oxygen atoms in total. The zero-order valence-corrected chi connectivity index (χ0v) is 12.7. The molecule has 2 N–H and O–H groups in total. The van der Waals surface area contributed by atoms with Crippen molar-refractivity contribution in [2.45, 2.75) is 30.2 Å². The highest BCUT2D eigenvalue weighted by atomic mass is 32.2. The minimum Gasteiger partial charge on any atom is -0.497 e. The normalized spacial score (nSPS) is 21.0. The van der Waals surface area contributed by atoms with E-state index < -0.39 is 5.97 Å². The second-order valence-corrected chi connectivity index (χ2v) is 6.13. The van der Waals surface area contributed by atoms with Crippen LogP contribution in [0, 0.1) is 5.92 Å². The lowest BCUT2D eigenvalue weighted by molar-refractivity contribution is -0.141. The van der Waals surface area contributed by atoms with E-state index in [-0.39, 0.29) is 17.9 Å². The van der Waals surface area contributed by atoms with Gasteiger partial charge in [0.25, 0.3) is 0 Å². The first kappa shape index (κ1) is 15.7. The van der Waals surface area contributed by atoms with Gasteiger partial charge < -0.3 is 15.2 Å². The Morgan fingerprint density at radius 2 is 2.24 bits per heavy atom. The van der Waals surface area contributed by atoms with Crippen LogP contribution < -0.4 is 10.1 Å². The lowest BCUT2D eigenvalue weighted by Crippen LogP contribution is -2.34. The first-order valence-electron chi connectivity index (χ1n) is 6.87. The molecule has 1 aromatic carbocycles. The summed E-state index contributed by atoms with van der Waals surface area (Å²) in [5.74, 6) is -0.0558. The first-order valence-corrected chi connectivity index (χ1v) is 7.86. The maximum atomic E-state index is 11.9. The Hall–Kier alpha value is -1.69. The van der Waals surface area contributed by atoms with Crippen LogP contribution in [0.15, 0.2) is 29.2 Å². The van der Waals surface area contributed by atoms with Gasteiger partial charge in [0.05, 0.1) is 18.8 Å². The maximum Gasteiger partial charge on any atom is 0.306 e. The van der Waals surface area contributed by atoms with E-state index in [2.05, 4.69) is 5.32 Å². The largest absolute Gasteiger partial charge is 0.497 e. The van der Waals surface area contributed by atoms with Gasteiger partial charge in [0, 0.05) is 10.9 Å². The van der Waals surface area contributed by atoms with Gasteiger partial charge in [-0.15, -0.1) is 11.8 Å². The first-order chi connectivity index (χ1) is 10.1. The zero-order valence-electron chi connectivity index (χ0n) is 11.9. The van der Waals surface area contributed by atoms with Gasteiger partial charge in [0.1, 0.15) is 5.75 Å². The van der Waals surface area contributed by atoms with Gasteiger partial charge in [-0.3, -0.25) is 9.59 Å². The second-order valence-electron chi connectivity index (χ2n) is 5.08. The molecule has 1 aliphatic rings. The number of ether oxygens (including phenoxy) is 1. The summed E-state index contributed by atoms with van der Waals surface area (Å²) in [7, 11) is 1.61. The van der Waals surface area contributed by atoms with Gasteiger partial charge in [-0.25, -0.2) is 0 Å². The summed E-state index contributed by atoms with van der Waals surface area (Å²) in [6, 6.07) is 7.54. The van der Waals surface area contributed by atoms with Crippen molar-refractivity contribution >= 4 is 23.6 Å². The van der Waals surface area contributed by atoms with Crippen LogP contribution in [0.25, 0.3) is 0 Å². The lowest BCUT2D eigenvalue weighted by Gasteiger charge is -2.12. The molecule has 1 aliphatic carbocycles. The van der Waals surface area contributed by atoms with Crippen molar-refractivity contribution in [3.63, 3.8) is 0 Å². The summed E-state index contributed by atoms with van der Waals surface area (Å²) in [4.78, 5) is 23.7. The van der Waals surface area contributed by atoms with Crippen molar-refractivity contribution in [3.8, 4) is 5.75 Å². The lowest BCUT2D eigenvalue weighted by atomic mass is 10.1. The van der Waals surface area contributed by atoms with E-state index in [1.165, 1.54) is 11.8 Å². The number of methoxy groups -OCH3 is 1. The molecule has 1 fully saturated rings. The Labute approximate surface area is 128 Å². The smallest absolute Gasteiger partial charge is 0.306 e. The van der Waals surface area contributed by atoms with Crippen molar-refractivity contribution < 1.29 is 19.4 Å². The fourth-order valence-corrected chi connectivity index (χ4v) is 3.20. The van der Waals surface area contributed by atoms with Crippen LogP contribution in [0.2, 0.25) is 0 Å². The van der Waals surface area contributed by atoms with E-state index >= 15 is 0 Å². The van der Waals surface area contributed by atoms with E-state index in [1.807, 2.05) is 24.3 Å². The molecular formula is C15H19NO4S. The molecule has 0 saturated heterocycles. The number of carboxylic acid groups (broad SMARTS) is 1. The van der Waals surface area contributed by atoms with Gasteiger partial charge in [0.15, 0.2) is 0 Å². The minimum absolute atomic E-state index is 0.00971. The van der Waals surface area contributed by atoms with Crippen molar-refractivity contribution in [2.75, 3.05) is 12.9 Å². The number of aliphatic carboxylic acids is 1. The Bertz CT molecular complexity index is 520. The summed E-state index contributed by atoms with van der Waals surface area (Å²) < 4.78 is 5.13. The highest BCUT2D eigenvalue weighted by Gasteiger charge is 2.30. The van der Waals surface area contributed by atoms with Crippen LogP contribution in [-0.4, -0.2) is 35.9 Å². The molecule has 21 heavy (non-hydrogen) atoms. The maximum absolute atomic E-state index is 11.9. The molecule has 1 saturated carbocycles. The molecular weight excluding hydrogens is 290 g/mol. The Morgan fingerprint density at radius 3 is 2.90 bits per heavy atom. The fraction of sp³-hybridized carbons (Fsp3) is 0.467. The molecule has 0 spiro atoms. The van der Waals surface area contributed by atoms with Gasteiger partial charge >= 0.3 is 5.97 Å². The predicted molar refractivity (Wildman–Crippen MR) is 80.6 cm³/mol. The van der Waals surface area contributed by atoms with Gasteiger partial charge in [-0.1, -0.05) is 6.07 Å². The minimum atomic E-state index is -0.766. The van der Waals surface area contributed by atoms with Crippen LogP contribution >= 0.6 is 11.8 Å². The van der Waals surface area contributed by atoms with Crippen LogP contribution in [-0.2, 0) is 9.59 Å². The van der Waals surface area contributed by atoms with E-state index in [0.717, 1.165) is 17.1 Å². The molecule has 0 bridgehead atoms. The zero-order chi connectivity index (χ0) is 15.2. The molecule has 6 heteroatoms. The van der Waals surface area contributed by atoms with E-state index in [0.29, 0.717) is 18.6 Å². The number of carbonyl (C=O) groups is 2. The molecule has 0 heterocycles. The Balaban J connectivity index is 1.76. The number of carboxylic acids is 1. The number of carbonyl (C=O) groups excluding carboxylic acids is 1. The quantitative estimate of drug-likeness (QED) is 0.788. The Kier molecular flexibility index (Phi) is 5.50. The molecule has 2 rings (SSSR count). The van der Waals surface area contributed by atoms with E-state index in [1.54, 1.807) is 7.11 Å². The number of thioether (sulfide) groups is 1. The van der Waals surface area contributed by atoms with E-state index in [4.69, 9.17) is 9.84 Å². The van der Waals surface area contributed by atoms with Gasteiger partial charge in [-0.2, -0.15) is 0 Å². The summed E-state index contributed by atoms with van der Waals surface area (Å²) >= 11 is 1.44. The number of hydrogen-bond donors (Lipinski definition) is 2. The molecule has 0 unspecified atom stereocenters. The van der Waals surface area contributed by atoms with Crippen LogP contribution in [0.5, 0.6) is 5.75 Å². The topological polar surface area (TPSA) is 75.6 Å². The average molecular weight is 309 g/mol. The average Bonchev–Trinajstić information content (AvgIpc) is 2.94. The van der Waals surface area contributed by atoms with Crippen LogP contribution in [0.4, 0.5) is 0 Å². The monoisotopic (exact) mass is 309 g/mol. The molecule has 2 atom stereocenters.